The van der Waals surface area contributed by atoms with Crippen LogP contribution in [-0.4, -0.2) is 3.21 Å². The van der Waals surface area contributed by atoms with Crippen LogP contribution in [0.4, 0.5) is 0 Å². The molecule has 0 aliphatic heterocycles. The maximum Gasteiger partial charge on any atom is -0.0259 e. The van der Waals surface area contributed by atoms with Crippen LogP contribution in [0.25, 0.3) is 43.8 Å². The van der Waals surface area contributed by atoms with Gasteiger partial charge in [-0.3, -0.25) is 6.08 Å². The van der Waals surface area contributed by atoms with Crippen molar-refractivity contribution in [2.45, 2.75) is 47.0 Å². The van der Waals surface area contributed by atoms with Crippen LogP contribution in [0.5, 0.6) is 0 Å². The van der Waals surface area contributed by atoms with Gasteiger partial charge in [0.25, 0.3) is 0 Å². The molecule has 7 aromatic carbocycles. The summed E-state index contributed by atoms with van der Waals surface area (Å²) in [4.78, 5) is 0. The minimum atomic E-state index is 0. The molecule has 272 valence electrons. The van der Waals surface area contributed by atoms with E-state index < -0.39 is 0 Å². The molecule has 0 spiro atoms. The Morgan fingerprint density at radius 2 is 1.02 bits per heavy atom. The van der Waals surface area contributed by atoms with Crippen LogP contribution in [0.1, 0.15) is 58.1 Å². The molecule has 0 nitrogen and oxygen atoms in total. The molecule has 1 unspecified atom stereocenters. The van der Waals surface area contributed by atoms with Gasteiger partial charge in [0.15, 0.2) is 0 Å². The van der Waals surface area contributed by atoms with Crippen LogP contribution in [0, 0.1) is 17.4 Å². The zero-order valence-corrected chi connectivity index (χ0v) is 35.7. The van der Waals surface area contributed by atoms with Crippen molar-refractivity contribution >= 4 is 24.8 Å². The molecule has 0 radical (unpaired) electrons. The standard InChI is InChI=1S/C25H17.C13H10.C13H21.2ClH.Zr/c1-3-7-18(8-4-1)20-11-13-24-22(15-20)17-23-16-21(12-14-25(23)24)19-9-5-2-6-10-19;1-3-7-12(8-4-1)11-13-9-5-2-6-10-13;1-5-6-7-11-8-9-12(10-11)13(2,3)4;;;/h1-17H;1-10H;9-11H,5-7H2,1-4H3;2*1H;/q-1;;-1;;;+2/p-2. The van der Waals surface area contributed by atoms with Crippen molar-refractivity contribution in [3.8, 4) is 22.3 Å². The number of rotatable bonds is 7. The van der Waals surface area contributed by atoms with E-state index in [0.717, 1.165) is 0 Å². The van der Waals surface area contributed by atoms with Gasteiger partial charge in [0.2, 0.25) is 0 Å². The summed E-state index contributed by atoms with van der Waals surface area (Å²) < 4.78 is 1.42. The molecule has 0 saturated carbocycles. The first-order valence-corrected chi connectivity index (χ1v) is 19.8. The van der Waals surface area contributed by atoms with Gasteiger partial charge in [-0.15, -0.1) is 39.7 Å². The predicted molar refractivity (Wildman–Crippen MR) is 222 cm³/mol. The van der Waals surface area contributed by atoms with Crippen LogP contribution in [0.3, 0.4) is 0 Å². The maximum absolute atomic E-state index is 3.43. The molecule has 0 saturated heterocycles. The second kappa shape index (κ2) is 20.6. The Labute approximate surface area is 350 Å². The van der Waals surface area contributed by atoms with Gasteiger partial charge in [0, 0.05) is 0 Å². The molecule has 1 atom stereocenters. The molecule has 0 fully saturated rings. The van der Waals surface area contributed by atoms with E-state index >= 15 is 0 Å². The summed E-state index contributed by atoms with van der Waals surface area (Å²) in [5, 5.41) is 5.27. The van der Waals surface area contributed by atoms with E-state index in [9.17, 15) is 0 Å². The summed E-state index contributed by atoms with van der Waals surface area (Å²) in [5.74, 6) is 0.592. The second-order valence-electron chi connectivity index (χ2n) is 14.5. The number of allylic oxidation sites excluding steroid dienone is 4. The summed E-state index contributed by atoms with van der Waals surface area (Å²) in [6.45, 7) is 9.03. The van der Waals surface area contributed by atoms with Crippen molar-refractivity contribution in [1.82, 2.24) is 0 Å². The predicted octanol–water partition coefficient (Wildman–Crippen LogP) is 7.99. The van der Waals surface area contributed by atoms with Crippen LogP contribution >= 0.6 is 0 Å². The largest absolute Gasteiger partial charge is 0.126 e. The number of halogens is 2. The fourth-order valence-corrected chi connectivity index (χ4v) is 7.41. The molecule has 1 aliphatic rings. The molecule has 1 aliphatic carbocycles. The van der Waals surface area contributed by atoms with Gasteiger partial charge >= 0.3 is 99.2 Å². The first kappa shape index (κ1) is 42.7. The molecule has 0 N–H and O–H groups in total. The number of benzene rings is 6. The minimum absolute atomic E-state index is 0. The summed E-state index contributed by atoms with van der Waals surface area (Å²) in [5.41, 5.74) is 9.48. The maximum atomic E-state index is 3.43. The third-order valence-electron chi connectivity index (χ3n) is 9.61. The summed E-state index contributed by atoms with van der Waals surface area (Å²) in [6.07, 6.45) is 11.9. The fourth-order valence-electron chi connectivity index (χ4n) is 6.59. The Kier molecular flexibility index (Phi) is 16.3. The van der Waals surface area contributed by atoms with Crippen LogP contribution in [-0.2, 0) is 24.2 Å². The first-order valence-electron chi connectivity index (χ1n) is 18.5. The van der Waals surface area contributed by atoms with Crippen LogP contribution in [0.15, 0.2) is 182 Å². The van der Waals surface area contributed by atoms with Gasteiger partial charge < -0.3 is 24.8 Å². The monoisotopic (exact) mass is 820 g/mol. The third-order valence-corrected chi connectivity index (χ3v) is 11.0. The van der Waals surface area contributed by atoms with E-state index in [1.54, 1.807) is 0 Å². The number of hydrogen-bond donors (Lipinski definition) is 0. The Morgan fingerprint density at radius 1 is 0.593 bits per heavy atom. The van der Waals surface area contributed by atoms with Gasteiger partial charge in [0.05, 0.1) is 0 Å². The second-order valence-corrected chi connectivity index (χ2v) is 15.7. The van der Waals surface area contributed by atoms with E-state index in [1.807, 2.05) is 0 Å². The van der Waals surface area contributed by atoms with Crippen molar-refractivity contribution in [3.05, 3.63) is 199 Å². The van der Waals surface area contributed by atoms with Crippen molar-refractivity contribution in [2.75, 3.05) is 0 Å². The van der Waals surface area contributed by atoms with Crippen molar-refractivity contribution in [1.29, 1.82) is 0 Å². The Balaban J connectivity index is 0.000000193. The number of fused-ring (bicyclic) bond motifs is 3. The summed E-state index contributed by atoms with van der Waals surface area (Å²) in [7, 11) is 0. The van der Waals surface area contributed by atoms with Gasteiger partial charge in [0.1, 0.15) is 0 Å². The molecule has 0 bridgehead atoms. The normalized spacial score (nSPS) is 13.1. The fraction of sp³-hybridized carbons (Fsp3) is 0.176. The zero-order chi connectivity index (χ0) is 36.3. The van der Waals surface area contributed by atoms with Crippen LogP contribution in [0.2, 0.25) is 0 Å². The van der Waals surface area contributed by atoms with Crippen molar-refractivity contribution < 1.29 is 49.0 Å². The van der Waals surface area contributed by atoms with Gasteiger partial charge in [-0.25, -0.2) is 6.08 Å². The zero-order valence-electron chi connectivity index (χ0n) is 31.7. The Morgan fingerprint density at radius 3 is 1.41 bits per heavy atom. The van der Waals surface area contributed by atoms with Gasteiger partial charge in [-0.2, -0.15) is 11.6 Å². The van der Waals surface area contributed by atoms with E-state index in [4.69, 9.17) is 0 Å². The average Bonchev–Trinajstić information content (AvgIpc) is 3.83. The first-order chi connectivity index (χ1) is 25.3. The molecule has 54 heavy (non-hydrogen) atoms. The van der Waals surface area contributed by atoms with E-state index in [0.29, 0.717) is 11.3 Å². The molecule has 3 heteroatoms. The molecule has 8 rings (SSSR count). The Bertz CT molecular complexity index is 2120. The van der Waals surface area contributed by atoms with Crippen LogP contribution < -0.4 is 24.8 Å². The molecule has 0 heterocycles. The molecule has 7 aromatic rings. The third kappa shape index (κ3) is 11.3. The van der Waals surface area contributed by atoms with Gasteiger partial charge in [-0.1, -0.05) is 154 Å². The SMILES string of the molecule is CCCCC1[C-]=CC(C(C)(C)C)=C1.[Cl-].[Cl-].[Zr+2]=[C](c1ccccc1)c1ccccc1.c1ccc(-c2ccc3c(c2)[cH-]c2cc(-c4ccccc4)ccc23)cc1. The molecule has 0 aromatic heterocycles. The van der Waals surface area contributed by atoms with E-state index in [2.05, 4.69) is 210 Å². The summed E-state index contributed by atoms with van der Waals surface area (Å²) >= 11 is 1.46. The van der Waals surface area contributed by atoms with Gasteiger partial charge in [-0.05, 0) is 11.1 Å². The molecular weight excluding hydrogens is 775 g/mol. The van der Waals surface area contributed by atoms with E-state index in [1.165, 1.54) is 107 Å². The van der Waals surface area contributed by atoms with E-state index in [-0.39, 0.29) is 24.8 Å². The molecular formula is C51H48Cl2Zr-2. The number of unbranched alkanes of at least 4 members (excludes halogenated alkanes) is 1. The van der Waals surface area contributed by atoms with Crippen molar-refractivity contribution in [2.24, 2.45) is 11.3 Å². The number of hydrogen-bond acceptors (Lipinski definition) is 0. The average molecular weight is 823 g/mol. The minimum Gasteiger partial charge on any atom is -0.126 e. The summed E-state index contributed by atoms with van der Waals surface area (Å²) in [6, 6.07) is 58.1. The Hall–Kier alpha value is -4.00. The topological polar surface area (TPSA) is 0 Å². The quantitative estimate of drug-likeness (QED) is 0.143. The van der Waals surface area contributed by atoms with Crippen molar-refractivity contribution in [3.63, 3.8) is 0 Å². The smallest absolute Gasteiger partial charge is 0.0259 e. The molecule has 0 amide bonds.